The highest BCUT2D eigenvalue weighted by Gasteiger charge is 2.27. The number of carbonyl (C=O) groups excluding carboxylic acids is 1. The maximum absolute atomic E-state index is 12.8. The first-order valence-electron chi connectivity index (χ1n) is 8.44. The normalized spacial score (nSPS) is 15.5. The van der Waals surface area contributed by atoms with E-state index < -0.39 is 0 Å². The Morgan fingerprint density at radius 3 is 2.85 bits per heavy atom. The summed E-state index contributed by atoms with van der Waals surface area (Å²) in [6, 6.07) is 15.4. The van der Waals surface area contributed by atoms with E-state index in [-0.39, 0.29) is 17.6 Å². The molecule has 26 heavy (non-hydrogen) atoms. The summed E-state index contributed by atoms with van der Waals surface area (Å²) in [4.78, 5) is 12.8. The standard InChI is InChI=1S/C20H18ClN3O2/c1-26-18-12-24(15-5-3-2-4-6-15)23-19(18)20(25)22-17-10-7-13-11-14(21)8-9-16(13)17/h2-6,8-9,11-12,17H,7,10H2,1H3,(H,22,25). The third-order valence-electron chi connectivity index (χ3n) is 4.62. The molecule has 0 radical (unpaired) electrons. The Hall–Kier alpha value is -2.79. The van der Waals surface area contributed by atoms with Crippen LogP contribution in [0.3, 0.4) is 0 Å². The number of nitrogens with zero attached hydrogens (tertiary/aromatic N) is 2. The summed E-state index contributed by atoms with van der Waals surface area (Å²) in [5, 5.41) is 8.22. The van der Waals surface area contributed by atoms with Crippen LogP contribution < -0.4 is 10.1 Å². The van der Waals surface area contributed by atoms with Gasteiger partial charge in [-0.15, -0.1) is 0 Å². The highest BCUT2D eigenvalue weighted by Crippen LogP contribution is 2.33. The second-order valence-corrected chi connectivity index (χ2v) is 6.67. The van der Waals surface area contributed by atoms with Crippen LogP contribution in [-0.4, -0.2) is 22.8 Å². The summed E-state index contributed by atoms with van der Waals surface area (Å²) in [6.45, 7) is 0. The molecule has 3 aromatic rings. The van der Waals surface area contributed by atoms with E-state index in [9.17, 15) is 4.79 Å². The number of methoxy groups -OCH3 is 1. The zero-order valence-electron chi connectivity index (χ0n) is 14.3. The van der Waals surface area contributed by atoms with Crippen LogP contribution in [0.5, 0.6) is 5.75 Å². The maximum atomic E-state index is 12.8. The van der Waals surface area contributed by atoms with E-state index in [1.54, 1.807) is 10.9 Å². The Bertz CT molecular complexity index is 953. The van der Waals surface area contributed by atoms with Crippen LogP contribution in [0.15, 0.2) is 54.7 Å². The second-order valence-electron chi connectivity index (χ2n) is 6.23. The van der Waals surface area contributed by atoms with Gasteiger partial charge in [0.15, 0.2) is 11.4 Å². The highest BCUT2D eigenvalue weighted by molar-refractivity contribution is 6.30. The number of amides is 1. The quantitative estimate of drug-likeness (QED) is 0.759. The Balaban J connectivity index is 1.59. The molecule has 1 aromatic heterocycles. The summed E-state index contributed by atoms with van der Waals surface area (Å²) >= 11 is 6.06. The van der Waals surface area contributed by atoms with Gasteiger partial charge in [0, 0.05) is 5.02 Å². The fourth-order valence-electron chi connectivity index (χ4n) is 3.34. The lowest BCUT2D eigenvalue weighted by molar-refractivity contribution is 0.0928. The Labute approximate surface area is 156 Å². The van der Waals surface area contributed by atoms with Crippen molar-refractivity contribution in [2.75, 3.05) is 7.11 Å². The molecular weight excluding hydrogens is 350 g/mol. The molecule has 1 amide bonds. The summed E-state index contributed by atoms with van der Waals surface area (Å²) in [7, 11) is 1.54. The van der Waals surface area contributed by atoms with Gasteiger partial charge in [-0.1, -0.05) is 35.9 Å². The van der Waals surface area contributed by atoms with Crippen LogP contribution in [-0.2, 0) is 6.42 Å². The highest BCUT2D eigenvalue weighted by atomic mass is 35.5. The Morgan fingerprint density at radius 1 is 1.27 bits per heavy atom. The van der Waals surface area contributed by atoms with Gasteiger partial charge in [0.1, 0.15) is 0 Å². The Kier molecular flexibility index (Phi) is 4.39. The third kappa shape index (κ3) is 3.06. The number of para-hydroxylation sites is 1. The number of rotatable bonds is 4. The molecule has 1 aliphatic rings. The topological polar surface area (TPSA) is 56.2 Å². The molecule has 0 bridgehead atoms. The van der Waals surface area contributed by atoms with Crippen LogP contribution in [0.1, 0.15) is 34.1 Å². The predicted molar refractivity (Wildman–Crippen MR) is 100 cm³/mol. The summed E-state index contributed by atoms with van der Waals surface area (Å²) in [5.41, 5.74) is 3.44. The van der Waals surface area contributed by atoms with Crippen molar-refractivity contribution in [1.82, 2.24) is 15.1 Å². The lowest BCUT2D eigenvalue weighted by Gasteiger charge is -2.13. The van der Waals surface area contributed by atoms with Crippen molar-refractivity contribution in [3.05, 3.63) is 76.6 Å². The molecule has 1 atom stereocenters. The summed E-state index contributed by atoms with van der Waals surface area (Å²) < 4.78 is 7.01. The van der Waals surface area contributed by atoms with E-state index in [1.807, 2.05) is 48.5 Å². The number of fused-ring (bicyclic) bond motifs is 1. The van der Waals surface area contributed by atoms with Gasteiger partial charge in [-0.2, -0.15) is 5.10 Å². The van der Waals surface area contributed by atoms with Crippen molar-refractivity contribution in [1.29, 1.82) is 0 Å². The largest absolute Gasteiger partial charge is 0.493 e. The number of benzene rings is 2. The number of nitrogens with one attached hydrogen (secondary N) is 1. The number of aromatic nitrogens is 2. The van der Waals surface area contributed by atoms with Crippen LogP contribution in [0.4, 0.5) is 0 Å². The lowest BCUT2D eigenvalue weighted by atomic mass is 10.1. The van der Waals surface area contributed by atoms with E-state index in [4.69, 9.17) is 16.3 Å². The molecule has 1 aliphatic carbocycles. The smallest absolute Gasteiger partial charge is 0.276 e. The van der Waals surface area contributed by atoms with Gasteiger partial charge in [0.25, 0.3) is 5.91 Å². The average molecular weight is 368 g/mol. The lowest BCUT2D eigenvalue weighted by Crippen LogP contribution is -2.28. The number of halogens is 1. The minimum absolute atomic E-state index is 0.0404. The van der Waals surface area contributed by atoms with Gasteiger partial charge in [0.05, 0.1) is 25.0 Å². The molecule has 1 N–H and O–H groups in total. The van der Waals surface area contributed by atoms with Gasteiger partial charge in [-0.25, -0.2) is 4.68 Å². The van der Waals surface area contributed by atoms with Crippen LogP contribution in [0.25, 0.3) is 5.69 Å². The van der Waals surface area contributed by atoms with Crippen molar-refractivity contribution >= 4 is 17.5 Å². The van der Waals surface area contributed by atoms with Gasteiger partial charge in [-0.05, 0) is 48.2 Å². The third-order valence-corrected chi connectivity index (χ3v) is 4.86. The first-order chi connectivity index (χ1) is 12.7. The SMILES string of the molecule is COc1cn(-c2ccccc2)nc1C(=O)NC1CCc2cc(Cl)ccc21. The Morgan fingerprint density at radius 2 is 2.08 bits per heavy atom. The van der Waals surface area contributed by atoms with Gasteiger partial charge >= 0.3 is 0 Å². The molecular formula is C20H18ClN3O2. The van der Waals surface area contributed by atoms with Crippen LogP contribution >= 0.6 is 11.6 Å². The van der Waals surface area contributed by atoms with Gasteiger partial charge in [0.2, 0.25) is 0 Å². The van der Waals surface area contributed by atoms with Gasteiger partial charge < -0.3 is 10.1 Å². The second kappa shape index (κ2) is 6.84. The van der Waals surface area contributed by atoms with E-state index in [0.29, 0.717) is 5.75 Å². The first-order valence-corrected chi connectivity index (χ1v) is 8.82. The minimum Gasteiger partial charge on any atom is -0.493 e. The van der Waals surface area contributed by atoms with E-state index in [2.05, 4.69) is 10.4 Å². The molecule has 0 spiro atoms. The average Bonchev–Trinajstić information content (AvgIpc) is 3.26. The molecule has 5 nitrogen and oxygen atoms in total. The molecule has 1 unspecified atom stereocenters. The minimum atomic E-state index is -0.246. The molecule has 0 saturated heterocycles. The number of aryl methyl sites for hydroxylation is 1. The molecule has 132 valence electrons. The molecule has 1 heterocycles. The van der Waals surface area contributed by atoms with Crippen molar-refractivity contribution in [2.45, 2.75) is 18.9 Å². The fraction of sp³-hybridized carbons (Fsp3) is 0.200. The van der Waals surface area contributed by atoms with E-state index in [0.717, 1.165) is 29.1 Å². The molecule has 0 saturated carbocycles. The maximum Gasteiger partial charge on any atom is 0.276 e. The predicted octanol–water partition coefficient (Wildman–Crippen LogP) is 3.95. The van der Waals surface area contributed by atoms with Crippen LogP contribution in [0.2, 0.25) is 5.02 Å². The number of carbonyl (C=O) groups is 1. The van der Waals surface area contributed by atoms with Crippen molar-refractivity contribution < 1.29 is 9.53 Å². The first kappa shape index (κ1) is 16.7. The number of hydrogen-bond acceptors (Lipinski definition) is 3. The van der Waals surface area contributed by atoms with Crippen LogP contribution in [0, 0.1) is 0 Å². The molecule has 4 rings (SSSR count). The van der Waals surface area contributed by atoms with E-state index in [1.165, 1.54) is 12.7 Å². The van der Waals surface area contributed by atoms with Crippen molar-refractivity contribution in [3.63, 3.8) is 0 Å². The zero-order chi connectivity index (χ0) is 18.1. The molecule has 0 aliphatic heterocycles. The number of ether oxygens (including phenoxy) is 1. The zero-order valence-corrected chi connectivity index (χ0v) is 15.0. The van der Waals surface area contributed by atoms with Gasteiger partial charge in [-0.3, -0.25) is 4.79 Å². The summed E-state index contributed by atoms with van der Waals surface area (Å²) in [6.07, 6.45) is 3.46. The van der Waals surface area contributed by atoms with Crippen molar-refractivity contribution in [2.24, 2.45) is 0 Å². The van der Waals surface area contributed by atoms with Crippen molar-refractivity contribution in [3.8, 4) is 11.4 Å². The van der Waals surface area contributed by atoms with E-state index >= 15 is 0 Å². The fourth-order valence-corrected chi connectivity index (χ4v) is 3.54. The molecule has 6 heteroatoms. The molecule has 2 aromatic carbocycles. The molecule has 0 fully saturated rings. The monoisotopic (exact) mass is 367 g/mol. The summed E-state index contributed by atoms with van der Waals surface area (Å²) in [5.74, 6) is 0.199. The number of hydrogen-bond donors (Lipinski definition) is 1.